The van der Waals surface area contributed by atoms with Crippen LogP contribution in [0.2, 0.25) is 0 Å². The minimum absolute atomic E-state index is 0.0537. The molecule has 150 valence electrons. The van der Waals surface area contributed by atoms with Gasteiger partial charge in [-0.1, -0.05) is 12.8 Å². The second-order valence-electron chi connectivity index (χ2n) is 6.27. The molecule has 1 aromatic carbocycles. The fraction of sp³-hybridized carbons (Fsp3) is 0.526. The van der Waals surface area contributed by atoms with Gasteiger partial charge in [-0.25, -0.2) is 12.1 Å². The van der Waals surface area contributed by atoms with Crippen molar-refractivity contribution in [2.24, 2.45) is 5.73 Å². The average molecular weight is 377 g/mol. The molecule has 0 aromatic heterocycles. The van der Waals surface area contributed by atoms with Crippen LogP contribution in [-0.4, -0.2) is 43.3 Å². The zero-order valence-corrected chi connectivity index (χ0v) is 15.6. The molecule has 0 saturated heterocycles. The lowest BCUT2D eigenvalue weighted by Crippen LogP contribution is -2.32. The third kappa shape index (κ3) is 12.3. The summed E-state index contributed by atoms with van der Waals surface area (Å²) in [4.78, 5) is 45.4. The Morgan fingerprint density at radius 2 is 1.22 bits per heavy atom. The lowest BCUT2D eigenvalue weighted by Gasteiger charge is -2.08. The Balaban J connectivity index is 1.95. The van der Waals surface area contributed by atoms with Crippen LogP contribution < -0.4 is 21.7 Å². The van der Waals surface area contributed by atoms with Crippen molar-refractivity contribution in [3.63, 3.8) is 0 Å². The standard InChI is InChI=1S/C19H29N4O4/c20-16(24)10-13-22-18(26)9-4-12-21-19(27)11-14-23-17(25)8-3-7-15-5-1-2-6-15/h1-2,5-6H,3-4,7-14H2,(H2,20,24)(H,21,27)(H,22,26)(H,23,25)/q-1. The zero-order valence-electron chi connectivity index (χ0n) is 15.6. The summed E-state index contributed by atoms with van der Waals surface area (Å²) in [6, 6.07) is 8.02. The van der Waals surface area contributed by atoms with Gasteiger partial charge >= 0.3 is 0 Å². The van der Waals surface area contributed by atoms with Crippen LogP contribution in [0.4, 0.5) is 0 Å². The molecule has 0 unspecified atom stereocenters. The van der Waals surface area contributed by atoms with E-state index in [-0.39, 0.29) is 43.5 Å². The Bertz CT molecular complexity index is 599. The Morgan fingerprint density at radius 1 is 0.704 bits per heavy atom. The monoisotopic (exact) mass is 377 g/mol. The molecule has 0 spiro atoms. The van der Waals surface area contributed by atoms with E-state index in [1.807, 2.05) is 24.3 Å². The number of rotatable bonds is 14. The van der Waals surface area contributed by atoms with Gasteiger partial charge in [0.2, 0.25) is 23.6 Å². The van der Waals surface area contributed by atoms with Gasteiger partial charge in [-0.15, -0.1) is 0 Å². The summed E-state index contributed by atoms with van der Waals surface area (Å²) in [7, 11) is 0. The summed E-state index contributed by atoms with van der Waals surface area (Å²) in [6.07, 6.45) is 3.18. The van der Waals surface area contributed by atoms with Crippen molar-refractivity contribution >= 4 is 23.6 Å². The van der Waals surface area contributed by atoms with E-state index in [1.54, 1.807) is 0 Å². The van der Waals surface area contributed by atoms with Crippen LogP contribution in [0.1, 0.15) is 44.1 Å². The Kier molecular flexibility index (Phi) is 11.1. The van der Waals surface area contributed by atoms with E-state index in [0.29, 0.717) is 25.9 Å². The molecule has 8 heteroatoms. The molecule has 0 aliphatic rings. The van der Waals surface area contributed by atoms with E-state index in [1.165, 1.54) is 5.56 Å². The van der Waals surface area contributed by atoms with Gasteiger partial charge < -0.3 is 21.7 Å². The summed E-state index contributed by atoms with van der Waals surface area (Å²) >= 11 is 0. The molecule has 5 N–H and O–H groups in total. The predicted molar refractivity (Wildman–Crippen MR) is 102 cm³/mol. The molecule has 1 aromatic rings. The van der Waals surface area contributed by atoms with Crippen molar-refractivity contribution in [1.29, 1.82) is 0 Å². The first-order valence-corrected chi connectivity index (χ1v) is 9.26. The van der Waals surface area contributed by atoms with Gasteiger partial charge in [0.25, 0.3) is 0 Å². The van der Waals surface area contributed by atoms with Crippen LogP contribution >= 0.6 is 0 Å². The largest absolute Gasteiger partial charge is 0.370 e. The third-order valence-electron chi connectivity index (χ3n) is 3.87. The molecule has 1 rings (SSSR count). The second kappa shape index (κ2) is 13.4. The Morgan fingerprint density at radius 3 is 1.85 bits per heavy atom. The highest BCUT2D eigenvalue weighted by Gasteiger charge is 2.05. The molecule has 4 amide bonds. The van der Waals surface area contributed by atoms with Gasteiger partial charge in [-0.3, -0.25) is 19.2 Å². The Labute approximate surface area is 159 Å². The number of amides is 4. The van der Waals surface area contributed by atoms with E-state index in [0.717, 1.165) is 12.8 Å². The maximum Gasteiger partial charge on any atom is 0.221 e. The summed E-state index contributed by atoms with van der Waals surface area (Å²) in [5, 5.41) is 8.01. The molecule has 0 heterocycles. The fourth-order valence-corrected chi connectivity index (χ4v) is 2.42. The highest BCUT2D eigenvalue weighted by atomic mass is 16.2. The van der Waals surface area contributed by atoms with Crippen LogP contribution in [0.5, 0.6) is 0 Å². The summed E-state index contributed by atoms with van der Waals surface area (Å²) < 4.78 is 0. The van der Waals surface area contributed by atoms with Gasteiger partial charge in [0.15, 0.2) is 0 Å². The first-order valence-electron chi connectivity index (χ1n) is 9.26. The average Bonchev–Trinajstić information content (AvgIpc) is 3.12. The van der Waals surface area contributed by atoms with E-state index in [2.05, 4.69) is 16.0 Å². The lowest BCUT2D eigenvalue weighted by molar-refractivity contribution is -0.124. The minimum Gasteiger partial charge on any atom is -0.370 e. The molecule has 8 nitrogen and oxygen atoms in total. The van der Waals surface area contributed by atoms with Gasteiger partial charge in [-0.05, 0) is 6.42 Å². The van der Waals surface area contributed by atoms with Crippen molar-refractivity contribution < 1.29 is 19.2 Å². The normalized spacial score (nSPS) is 10.2. The molecule has 0 aliphatic heterocycles. The number of primary amides is 1. The summed E-state index contributed by atoms with van der Waals surface area (Å²) in [6.45, 7) is 0.914. The highest BCUT2D eigenvalue weighted by Crippen LogP contribution is 2.05. The molecule has 0 fully saturated rings. The van der Waals surface area contributed by atoms with Crippen LogP contribution in [0, 0.1) is 0 Å². The minimum atomic E-state index is -0.461. The quantitative estimate of drug-likeness (QED) is 0.271. The van der Waals surface area contributed by atoms with Crippen molar-refractivity contribution in [3.8, 4) is 0 Å². The number of carbonyl (C=O) groups excluding carboxylic acids is 4. The number of aryl methyl sites for hydroxylation is 1. The summed E-state index contributed by atoms with van der Waals surface area (Å²) in [5.74, 6) is -0.862. The molecule has 27 heavy (non-hydrogen) atoms. The smallest absolute Gasteiger partial charge is 0.221 e. The van der Waals surface area contributed by atoms with E-state index in [4.69, 9.17) is 5.73 Å². The molecule has 0 radical (unpaired) electrons. The SMILES string of the molecule is NC(=O)CCNC(=O)CCCNC(=O)CCNC(=O)CCC[c-]1cccc1. The van der Waals surface area contributed by atoms with Gasteiger partial charge in [0.05, 0.1) is 0 Å². The highest BCUT2D eigenvalue weighted by molar-refractivity contribution is 5.79. The molecular formula is C19H29N4O4-. The molecular weight excluding hydrogens is 348 g/mol. The van der Waals surface area contributed by atoms with E-state index >= 15 is 0 Å². The molecule has 0 aliphatic carbocycles. The van der Waals surface area contributed by atoms with E-state index < -0.39 is 5.91 Å². The lowest BCUT2D eigenvalue weighted by atomic mass is 10.1. The second-order valence-corrected chi connectivity index (χ2v) is 6.27. The van der Waals surface area contributed by atoms with Gasteiger partial charge in [-0.2, -0.15) is 17.7 Å². The predicted octanol–water partition coefficient (Wildman–Crippen LogP) is 0.123. The number of nitrogens with one attached hydrogen (secondary N) is 3. The first-order chi connectivity index (χ1) is 13.0. The van der Waals surface area contributed by atoms with Gasteiger partial charge in [0, 0.05) is 45.3 Å². The maximum atomic E-state index is 11.7. The third-order valence-corrected chi connectivity index (χ3v) is 3.87. The van der Waals surface area contributed by atoms with Crippen molar-refractivity contribution in [3.05, 3.63) is 29.8 Å². The molecule has 0 atom stereocenters. The van der Waals surface area contributed by atoms with E-state index in [9.17, 15) is 19.2 Å². The number of carbonyl (C=O) groups is 4. The van der Waals surface area contributed by atoms with Gasteiger partial charge in [0.1, 0.15) is 0 Å². The molecule has 0 bridgehead atoms. The first kappa shape index (κ1) is 22.3. The summed E-state index contributed by atoms with van der Waals surface area (Å²) in [5.41, 5.74) is 6.20. The zero-order chi connectivity index (χ0) is 19.9. The Hall–Kier alpha value is -2.77. The maximum absolute atomic E-state index is 11.7. The number of hydrogen-bond donors (Lipinski definition) is 4. The van der Waals surface area contributed by atoms with Crippen molar-refractivity contribution in [2.45, 2.75) is 44.9 Å². The number of nitrogens with two attached hydrogens (primary N) is 1. The van der Waals surface area contributed by atoms with Crippen molar-refractivity contribution in [1.82, 2.24) is 16.0 Å². The number of hydrogen-bond acceptors (Lipinski definition) is 4. The molecule has 0 saturated carbocycles. The topological polar surface area (TPSA) is 130 Å². The van der Waals surface area contributed by atoms with Crippen LogP contribution in [0.3, 0.4) is 0 Å². The van der Waals surface area contributed by atoms with Crippen molar-refractivity contribution in [2.75, 3.05) is 19.6 Å². The van der Waals surface area contributed by atoms with Crippen LogP contribution in [0.15, 0.2) is 24.3 Å². The van der Waals surface area contributed by atoms with Crippen LogP contribution in [-0.2, 0) is 25.6 Å². The van der Waals surface area contributed by atoms with Crippen LogP contribution in [0.25, 0.3) is 0 Å². The fourth-order valence-electron chi connectivity index (χ4n) is 2.42.